The molecule has 1 aromatic rings. The van der Waals surface area contributed by atoms with E-state index in [4.69, 9.17) is 11.6 Å². The molecule has 1 rings (SSSR count). The summed E-state index contributed by atoms with van der Waals surface area (Å²) >= 11 is 0. The number of amides is 1. The molecule has 0 saturated carbocycles. The van der Waals surface area contributed by atoms with Crippen molar-refractivity contribution < 1.29 is 4.79 Å². The van der Waals surface area contributed by atoms with Gasteiger partial charge < -0.3 is 16.5 Å². The summed E-state index contributed by atoms with van der Waals surface area (Å²) in [6.45, 7) is 3.59. The van der Waals surface area contributed by atoms with E-state index >= 15 is 0 Å². The number of nitrogens with one attached hydrogen (secondary N) is 2. The number of aromatic nitrogens is 2. The maximum absolute atomic E-state index is 10.9. The van der Waals surface area contributed by atoms with Crippen LogP contribution in [0.15, 0.2) is 6.07 Å². The molecule has 0 fully saturated rings. The molecule has 0 bridgehead atoms. The maximum atomic E-state index is 10.9. The molecule has 1 atom stereocenters. The van der Waals surface area contributed by atoms with Gasteiger partial charge in [-0.25, -0.2) is 15.8 Å². The molecule has 1 aromatic heterocycles. The normalized spacial score (nSPS) is 11.9. The van der Waals surface area contributed by atoms with Crippen LogP contribution in [0.5, 0.6) is 0 Å². The third-order valence-electron chi connectivity index (χ3n) is 2.03. The average molecular weight is 224 g/mol. The molecule has 1 amide bonds. The van der Waals surface area contributed by atoms with Gasteiger partial charge in [-0.2, -0.15) is 0 Å². The zero-order chi connectivity index (χ0) is 12.1. The molecule has 0 spiro atoms. The number of hydrogen-bond donors (Lipinski definition) is 4. The van der Waals surface area contributed by atoms with E-state index in [-0.39, 0.29) is 0 Å². The number of rotatable bonds is 5. The van der Waals surface area contributed by atoms with Crippen LogP contribution in [0.4, 0.5) is 11.6 Å². The Bertz CT molecular complexity index is 358. The summed E-state index contributed by atoms with van der Waals surface area (Å²) < 4.78 is 0. The molecule has 0 aliphatic heterocycles. The van der Waals surface area contributed by atoms with E-state index in [1.54, 1.807) is 13.0 Å². The second-order valence-electron chi connectivity index (χ2n) is 3.32. The van der Waals surface area contributed by atoms with Gasteiger partial charge in [-0.1, -0.05) is 6.92 Å². The van der Waals surface area contributed by atoms with Gasteiger partial charge in [0, 0.05) is 12.5 Å². The standard InChI is InChI=1S/C9H16N6O/c1-3-6-13-7(4-8(14-6)15-11)12-5(2)9(10)16/h4-5H,3,11H2,1-2H3,(H2,10,16)(H2,12,13,14,15). The molecule has 0 aliphatic carbocycles. The fourth-order valence-electron chi connectivity index (χ4n) is 1.10. The van der Waals surface area contributed by atoms with E-state index < -0.39 is 11.9 Å². The van der Waals surface area contributed by atoms with Crippen LogP contribution in [0.3, 0.4) is 0 Å². The molecule has 6 N–H and O–H groups in total. The Morgan fingerprint density at radius 3 is 2.62 bits per heavy atom. The Balaban J connectivity index is 2.90. The Labute approximate surface area is 93.6 Å². The topological polar surface area (TPSA) is 119 Å². The number of nitrogens with zero attached hydrogens (tertiary/aromatic N) is 2. The number of nitrogens with two attached hydrogens (primary N) is 2. The number of hydrazine groups is 1. The minimum atomic E-state index is -0.495. The van der Waals surface area contributed by atoms with Gasteiger partial charge >= 0.3 is 0 Å². The fraction of sp³-hybridized carbons (Fsp3) is 0.444. The number of nitrogen functional groups attached to an aromatic ring is 1. The lowest BCUT2D eigenvalue weighted by Gasteiger charge is -2.12. The van der Waals surface area contributed by atoms with Crippen LogP contribution in [0.25, 0.3) is 0 Å². The zero-order valence-electron chi connectivity index (χ0n) is 9.32. The van der Waals surface area contributed by atoms with Gasteiger partial charge in [0.15, 0.2) is 0 Å². The van der Waals surface area contributed by atoms with Gasteiger partial charge in [0.2, 0.25) is 5.91 Å². The molecule has 7 nitrogen and oxygen atoms in total. The average Bonchev–Trinajstić information content (AvgIpc) is 2.28. The smallest absolute Gasteiger partial charge is 0.239 e. The number of anilines is 2. The summed E-state index contributed by atoms with van der Waals surface area (Å²) in [5, 5.41) is 2.87. The van der Waals surface area contributed by atoms with Crippen LogP contribution >= 0.6 is 0 Å². The molecule has 7 heteroatoms. The van der Waals surface area contributed by atoms with Crippen molar-refractivity contribution in [2.24, 2.45) is 11.6 Å². The van der Waals surface area contributed by atoms with Gasteiger partial charge in [0.1, 0.15) is 23.5 Å². The van der Waals surface area contributed by atoms with Gasteiger partial charge in [-0.05, 0) is 6.92 Å². The summed E-state index contributed by atoms with van der Waals surface area (Å²) in [6.07, 6.45) is 0.676. The largest absolute Gasteiger partial charge is 0.368 e. The summed E-state index contributed by atoms with van der Waals surface area (Å²) in [4.78, 5) is 19.2. The second kappa shape index (κ2) is 5.26. The van der Waals surface area contributed by atoms with Gasteiger partial charge in [-0.3, -0.25) is 4.79 Å². The first-order chi connectivity index (χ1) is 7.56. The van der Waals surface area contributed by atoms with Crippen molar-refractivity contribution in [3.63, 3.8) is 0 Å². The Hall–Kier alpha value is -1.89. The number of primary amides is 1. The van der Waals surface area contributed by atoms with Crippen LogP contribution in [0.1, 0.15) is 19.7 Å². The third-order valence-corrected chi connectivity index (χ3v) is 2.03. The van der Waals surface area contributed by atoms with E-state index in [9.17, 15) is 4.79 Å². The second-order valence-corrected chi connectivity index (χ2v) is 3.32. The molecule has 88 valence electrons. The quantitative estimate of drug-likeness (QED) is 0.399. The highest BCUT2D eigenvalue weighted by Gasteiger charge is 2.10. The molecular weight excluding hydrogens is 208 g/mol. The van der Waals surface area contributed by atoms with Crippen molar-refractivity contribution in [1.29, 1.82) is 0 Å². The number of carbonyl (C=O) groups is 1. The fourth-order valence-corrected chi connectivity index (χ4v) is 1.10. The van der Waals surface area contributed by atoms with Crippen LogP contribution in [0.2, 0.25) is 0 Å². The van der Waals surface area contributed by atoms with Crippen molar-refractivity contribution >= 4 is 17.5 Å². The summed E-state index contributed by atoms with van der Waals surface area (Å²) in [7, 11) is 0. The number of carbonyl (C=O) groups excluding carboxylic acids is 1. The molecule has 0 aromatic carbocycles. The number of hydrogen-bond acceptors (Lipinski definition) is 6. The van der Waals surface area contributed by atoms with Crippen molar-refractivity contribution in [2.45, 2.75) is 26.3 Å². The van der Waals surface area contributed by atoms with Crippen LogP contribution in [0, 0.1) is 0 Å². The number of aryl methyl sites for hydroxylation is 1. The third kappa shape index (κ3) is 3.06. The monoisotopic (exact) mass is 224 g/mol. The lowest BCUT2D eigenvalue weighted by atomic mass is 10.3. The van der Waals surface area contributed by atoms with Gasteiger partial charge in [-0.15, -0.1) is 0 Å². The molecular formula is C9H16N6O. The van der Waals surface area contributed by atoms with E-state index in [1.807, 2.05) is 6.92 Å². The van der Waals surface area contributed by atoms with Gasteiger partial charge in [0.05, 0.1) is 0 Å². The first-order valence-corrected chi connectivity index (χ1v) is 4.97. The van der Waals surface area contributed by atoms with Crippen molar-refractivity contribution in [2.75, 3.05) is 10.7 Å². The predicted molar refractivity (Wildman–Crippen MR) is 61.5 cm³/mol. The van der Waals surface area contributed by atoms with Crippen molar-refractivity contribution in [3.05, 3.63) is 11.9 Å². The molecule has 1 heterocycles. The first-order valence-electron chi connectivity index (χ1n) is 4.97. The Morgan fingerprint density at radius 2 is 2.12 bits per heavy atom. The molecule has 0 radical (unpaired) electrons. The predicted octanol–water partition coefficient (Wildman–Crippen LogP) is -0.390. The highest BCUT2D eigenvalue weighted by molar-refractivity contribution is 5.82. The maximum Gasteiger partial charge on any atom is 0.239 e. The summed E-state index contributed by atoms with van der Waals surface area (Å²) in [5.74, 6) is 6.47. The van der Waals surface area contributed by atoms with Crippen LogP contribution < -0.4 is 22.3 Å². The molecule has 0 saturated heterocycles. The van der Waals surface area contributed by atoms with E-state index in [2.05, 4.69) is 20.7 Å². The van der Waals surface area contributed by atoms with Crippen molar-refractivity contribution in [3.8, 4) is 0 Å². The highest BCUT2D eigenvalue weighted by Crippen LogP contribution is 2.11. The minimum absolute atomic E-state index is 0.445. The van der Waals surface area contributed by atoms with Crippen LogP contribution in [-0.2, 0) is 11.2 Å². The Kier molecular flexibility index (Phi) is 4.01. The first kappa shape index (κ1) is 12.2. The molecule has 16 heavy (non-hydrogen) atoms. The summed E-state index contributed by atoms with van der Waals surface area (Å²) in [6, 6.07) is 1.11. The van der Waals surface area contributed by atoms with E-state index in [0.29, 0.717) is 23.9 Å². The highest BCUT2D eigenvalue weighted by atomic mass is 16.1. The summed E-state index contributed by atoms with van der Waals surface area (Å²) in [5.41, 5.74) is 7.58. The van der Waals surface area contributed by atoms with Gasteiger partial charge in [0.25, 0.3) is 0 Å². The van der Waals surface area contributed by atoms with E-state index in [0.717, 1.165) is 0 Å². The van der Waals surface area contributed by atoms with E-state index in [1.165, 1.54) is 0 Å². The molecule has 1 unspecified atom stereocenters. The van der Waals surface area contributed by atoms with Crippen LogP contribution in [-0.4, -0.2) is 21.9 Å². The zero-order valence-corrected chi connectivity index (χ0v) is 9.32. The lowest BCUT2D eigenvalue weighted by molar-refractivity contribution is -0.118. The minimum Gasteiger partial charge on any atom is -0.368 e. The lowest BCUT2D eigenvalue weighted by Crippen LogP contribution is -2.33. The Morgan fingerprint density at radius 1 is 1.50 bits per heavy atom. The SMILES string of the molecule is CCc1nc(NN)cc(NC(C)C(N)=O)n1. The van der Waals surface area contributed by atoms with Crippen molar-refractivity contribution in [1.82, 2.24) is 9.97 Å². The molecule has 0 aliphatic rings.